The molecule has 1 heterocycles. The maximum atomic E-state index is 12.2. The van der Waals surface area contributed by atoms with Crippen molar-refractivity contribution in [1.29, 1.82) is 0 Å². The third-order valence-corrected chi connectivity index (χ3v) is 3.20. The van der Waals surface area contributed by atoms with Crippen LogP contribution >= 0.6 is 12.2 Å². The zero-order chi connectivity index (χ0) is 13.8. The lowest BCUT2D eigenvalue weighted by atomic mass is 10.2. The summed E-state index contributed by atoms with van der Waals surface area (Å²) in [5, 5.41) is 0. The van der Waals surface area contributed by atoms with Gasteiger partial charge >= 0.3 is 0 Å². The van der Waals surface area contributed by atoms with Crippen molar-refractivity contribution in [3.05, 3.63) is 29.8 Å². The van der Waals surface area contributed by atoms with Crippen LogP contribution < -0.4 is 10.6 Å². The summed E-state index contributed by atoms with van der Waals surface area (Å²) in [6.07, 6.45) is -0.533. The highest BCUT2D eigenvalue weighted by atomic mass is 32.1. The zero-order valence-electron chi connectivity index (χ0n) is 10.7. The molecule has 0 bridgehead atoms. The number of amides is 1. The Labute approximate surface area is 117 Å². The molecule has 1 saturated heterocycles. The van der Waals surface area contributed by atoms with Crippen molar-refractivity contribution < 1.29 is 14.3 Å². The van der Waals surface area contributed by atoms with Crippen LogP contribution in [0.4, 0.5) is 5.69 Å². The Hall–Kier alpha value is -1.50. The van der Waals surface area contributed by atoms with Crippen molar-refractivity contribution in [3.63, 3.8) is 0 Å². The normalized spacial score (nSPS) is 18.9. The fraction of sp³-hybridized carbons (Fsp3) is 0.385. The van der Waals surface area contributed by atoms with Crippen molar-refractivity contribution in [2.45, 2.75) is 6.10 Å². The molecule has 0 aliphatic carbocycles. The molecule has 1 aliphatic rings. The van der Waals surface area contributed by atoms with E-state index in [1.165, 1.54) is 0 Å². The number of ether oxygens (including phenoxy) is 2. The number of benzene rings is 1. The molecule has 0 saturated carbocycles. The lowest BCUT2D eigenvalue weighted by Gasteiger charge is -2.26. The van der Waals surface area contributed by atoms with Gasteiger partial charge in [-0.3, -0.25) is 4.79 Å². The Morgan fingerprint density at radius 1 is 1.37 bits per heavy atom. The number of nitrogens with zero attached hydrogens (tertiary/aromatic N) is 1. The zero-order valence-corrected chi connectivity index (χ0v) is 11.5. The van der Waals surface area contributed by atoms with E-state index in [1.807, 2.05) is 0 Å². The molecule has 0 aromatic heterocycles. The molecule has 102 valence electrons. The van der Waals surface area contributed by atoms with Gasteiger partial charge in [0, 0.05) is 18.3 Å². The number of anilines is 1. The summed E-state index contributed by atoms with van der Waals surface area (Å²) >= 11 is 4.89. The Bertz CT molecular complexity index is 469. The number of rotatable bonds is 3. The molecule has 1 aromatic rings. The molecule has 1 aromatic carbocycles. The molecule has 1 unspecified atom stereocenters. The van der Waals surface area contributed by atoms with Gasteiger partial charge in [-0.25, -0.2) is 0 Å². The minimum absolute atomic E-state index is 0.122. The van der Waals surface area contributed by atoms with Gasteiger partial charge in [0.1, 0.15) is 4.99 Å². The van der Waals surface area contributed by atoms with Gasteiger partial charge < -0.3 is 20.1 Å². The maximum absolute atomic E-state index is 12.2. The summed E-state index contributed by atoms with van der Waals surface area (Å²) in [5.74, 6) is -0.122. The molecule has 0 radical (unpaired) electrons. The smallest absolute Gasteiger partial charge is 0.258 e. The van der Waals surface area contributed by atoms with E-state index in [0.29, 0.717) is 24.8 Å². The molecular formula is C13H16N2O3S. The Morgan fingerprint density at radius 2 is 2.05 bits per heavy atom. The van der Waals surface area contributed by atoms with Gasteiger partial charge in [-0.15, -0.1) is 0 Å². The van der Waals surface area contributed by atoms with Crippen molar-refractivity contribution in [2.75, 3.05) is 31.8 Å². The van der Waals surface area contributed by atoms with E-state index < -0.39 is 6.10 Å². The van der Waals surface area contributed by atoms with E-state index >= 15 is 0 Å². The molecule has 1 fully saturated rings. The largest absolute Gasteiger partial charge is 0.389 e. The minimum atomic E-state index is -0.533. The number of nitrogens with two attached hydrogens (primary N) is 1. The summed E-state index contributed by atoms with van der Waals surface area (Å²) in [4.78, 5) is 14.1. The summed E-state index contributed by atoms with van der Waals surface area (Å²) < 4.78 is 10.6. The minimum Gasteiger partial charge on any atom is -0.389 e. The highest BCUT2D eigenvalue weighted by Gasteiger charge is 2.26. The van der Waals surface area contributed by atoms with Crippen LogP contribution in [0.15, 0.2) is 24.3 Å². The van der Waals surface area contributed by atoms with Gasteiger partial charge in [0.25, 0.3) is 5.91 Å². The van der Waals surface area contributed by atoms with Crippen LogP contribution in [0.3, 0.4) is 0 Å². The highest BCUT2D eigenvalue weighted by molar-refractivity contribution is 7.80. The van der Waals surface area contributed by atoms with E-state index in [9.17, 15) is 4.79 Å². The first kappa shape index (κ1) is 13.9. The van der Waals surface area contributed by atoms with Gasteiger partial charge in [0.15, 0.2) is 6.10 Å². The lowest BCUT2D eigenvalue weighted by Crippen LogP contribution is -2.43. The van der Waals surface area contributed by atoms with Crippen LogP contribution in [0.5, 0.6) is 0 Å². The molecule has 2 rings (SSSR count). The van der Waals surface area contributed by atoms with Crippen LogP contribution in [0.2, 0.25) is 0 Å². The van der Waals surface area contributed by atoms with Crippen molar-refractivity contribution in [1.82, 2.24) is 0 Å². The molecule has 2 N–H and O–H groups in total. The van der Waals surface area contributed by atoms with E-state index in [1.54, 1.807) is 36.2 Å². The fourth-order valence-corrected chi connectivity index (χ4v) is 1.96. The fourth-order valence-electron chi connectivity index (χ4n) is 1.82. The highest BCUT2D eigenvalue weighted by Crippen LogP contribution is 2.16. The second-order valence-electron chi connectivity index (χ2n) is 4.24. The van der Waals surface area contributed by atoms with Crippen molar-refractivity contribution in [2.24, 2.45) is 5.73 Å². The predicted molar refractivity (Wildman–Crippen MR) is 76.3 cm³/mol. The second kappa shape index (κ2) is 6.10. The molecule has 19 heavy (non-hydrogen) atoms. The monoisotopic (exact) mass is 280 g/mol. The summed E-state index contributed by atoms with van der Waals surface area (Å²) in [6, 6.07) is 7.19. The van der Waals surface area contributed by atoms with Gasteiger partial charge in [-0.05, 0) is 24.3 Å². The van der Waals surface area contributed by atoms with Crippen LogP contribution in [-0.4, -0.2) is 43.9 Å². The van der Waals surface area contributed by atoms with E-state index in [2.05, 4.69) is 0 Å². The molecular weight excluding hydrogens is 264 g/mol. The lowest BCUT2D eigenvalue weighted by molar-refractivity contribution is -0.144. The number of likely N-dealkylation sites (N-methyl/N-ethyl adjacent to an activating group) is 1. The average Bonchev–Trinajstić information content (AvgIpc) is 2.46. The van der Waals surface area contributed by atoms with E-state index in [4.69, 9.17) is 27.4 Å². The number of carbonyl (C=O) groups excluding carboxylic acids is 1. The van der Waals surface area contributed by atoms with Crippen molar-refractivity contribution in [3.8, 4) is 0 Å². The second-order valence-corrected chi connectivity index (χ2v) is 4.68. The Morgan fingerprint density at radius 3 is 2.58 bits per heavy atom. The number of hydrogen-bond donors (Lipinski definition) is 1. The number of thiocarbonyl (C=S) groups is 1. The van der Waals surface area contributed by atoms with Gasteiger partial charge in [-0.2, -0.15) is 0 Å². The standard InChI is InChI=1S/C13H16N2O3S/c1-15(13(16)11-8-17-6-7-18-11)10-4-2-9(3-5-10)12(14)19/h2-5,11H,6-8H2,1H3,(H2,14,19). The molecule has 5 nitrogen and oxygen atoms in total. The predicted octanol–water partition coefficient (Wildman–Crippen LogP) is 0.699. The first-order valence-electron chi connectivity index (χ1n) is 5.96. The summed E-state index contributed by atoms with van der Waals surface area (Å²) in [6.45, 7) is 1.29. The third kappa shape index (κ3) is 3.28. The topological polar surface area (TPSA) is 64.8 Å². The molecule has 6 heteroatoms. The first-order chi connectivity index (χ1) is 9.09. The summed E-state index contributed by atoms with van der Waals surface area (Å²) in [5.41, 5.74) is 7.07. The van der Waals surface area contributed by atoms with Gasteiger partial charge in [0.2, 0.25) is 0 Å². The third-order valence-electron chi connectivity index (χ3n) is 2.96. The van der Waals surface area contributed by atoms with Gasteiger partial charge in [0.05, 0.1) is 19.8 Å². The SMILES string of the molecule is CN(C(=O)C1COCCO1)c1ccc(C(N)=S)cc1. The number of carbonyl (C=O) groups is 1. The number of hydrogen-bond acceptors (Lipinski definition) is 4. The molecule has 1 atom stereocenters. The molecule has 1 amide bonds. The van der Waals surface area contributed by atoms with Gasteiger partial charge in [-0.1, -0.05) is 12.2 Å². The average molecular weight is 280 g/mol. The maximum Gasteiger partial charge on any atom is 0.258 e. The van der Waals surface area contributed by atoms with Crippen LogP contribution in [0.25, 0.3) is 0 Å². The molecule has 1 aliphatic heterocycles. The first-order valence-corrected chi connectivity index (χ1v) is 6.37. The quantitative estimate of drug-likeness (QED) is 0.826. The van der Waals surface area contributed by atoms with Crippen LogP contribution in [0, 0.1) is 0 Å². The van der Waals surface area contributed by atoms with Crippen molar-refractivity contribution >= 4 is 28.8 Å². The Kier molecular flexibility index (Phi) is 4.47. The molecule has 0 spiro atoms. The Balaban J connectivity index is 2.07. The van der Waals surface area contributed by atoms with E-state index in [-0.39, 0.29) is 5.91 Å². The van der Waals surface area contributed by atoms with Crippen LogP contribution in [-0.2, 0) is 14.3 Å². The van der Waals surface area contributed by atoms with E-state index in [0.717, 1.165) is 11.3 Å². The summed E-state index contributed by atoms with van der Waals surface area (Å²) in [7, 11) is 1.70. The van der Waals surface area contributed by atoms with Crippen LogP contribution in [0.1, 0.15) is 5.56 Å².